The highest BCUT2D eigenvalue weighted by atomic mass is 35.5. The normalized spacial score (nSPS) is 12.5. The first kappa shape index (κ1) is 16.6. The first-order valence-electron chi connectivity index (χ1n) is 7.34. The number of hydrogen-bond donors (Lipinski definition) is 1. The Morgan fingerprint density at radius 1 is 1.36 bits per heavy atom. The van der Waals surface area contributed by atoms with Gasteiger partial charge in [-0.1, -0.05) is 37.6 Å². The quantitative estimate of drug-likeness (QED) is 0.906. The minimum absolute atomic E-state index is 0.0502. The molecule has 0 unspecified atom stereocenters. The average molecular weight is 321 g/mol. The molecule has 0 aliphatic carbocycles. The first-order valence-corrected chi connectivity index (χ1v) is 7.72. The predicted octanol–water partition coefficient (Wildman–Crippen LogP) is 4.00. The third-order valence-corrected chi connectivity index (χ3v) is 3.88. The molecular formula is C17H21ClN2O2. The van der Waals surface area contributed by atoms with Gasteiger partial charge in [-0.3, -0.25) is 4.79 Å². The molecule has 4 nitrogen and oxygen atoms in total. The Bertz CT molecular complexity index is 645. The lowest BCUT2D eigenvalue weighted by Gasteiger charge is -2.20. The van der Waals surface area contributed by atoms with Crippen LogP contribution in [-0.2, 0) is 11.3 Å². The number of carbonyl (C=O) groups is 1. The molecule has 0 radical (unpaired) electrons. The molecule has 22 heavy (non-hydrogen) atoms. The van der Waals surface area contributed by atoms with Gasteiger partial charge in [0.05, 0.1) is 18.2 Å². The fourth-order valence-electron chi connectivity index (χ4n) is 2.43. The van der Waals surface area contributed by atoms with E-state index in [4.69, 9.17) is 16.0 Å². The topological polar surface area (TPSA) is 55.1 Å². The number of rotatable bonds is 5. The van der Waals surface area contributed by atoms with Crippen molar-refractivity contribution < 1.29 is 9.21 Å². The smallest absolute Gasteiger partial charge is 0.228 e. The molecule has 0 fully saturated rings. The zero-order valence-electron chi connectivity index (χ0n) is 13.3. The second-order valence-corrected chi connectivity index (χ2v) is 6.18. The Kier molecular flexibility index (Phi) is 5.24. The lowest BCUT2D eigenvalue weighted by Crippen LogP contribution is -2.31. The molecule has 0 saturated heterocycles. The van der Waals surface area contributed by atoms with Crippen LogP contribution in [0.2, 0.25) is 5.02 Å². The summed E-state index contributed by atoms with van der Waals surface area (Å²) in [5.41, 5.74) is 1.76. The Labute approximate surface area is 135 Å². The zero-order chi connectivity index (χ0) is 16.3. The predicted molar refractivity (Wildman–Crippen MR) is 86.9 cm³/mol. The van der Waals surface area contributed by atoms with E-state index in [2.05, 4.69) is 10.3 Å². The Balaban J connectivity index is 2.10. The maximum absolute atomic E-state index is 12.5. The highest BCUT2D eigenvalue weighted by Gasteiger charge is 2.24. The molecular weight excluding hydrogens is 300 g/mol. The van der Waals surface area contributed by atoms with Crippen LogP contribution in [0, 0.1) is 19.8 Å². The summed E-state index contributed by atoms with van der Waals surface area (Å²) >= 11 is 6.03. The van der Waals surface area contributed by atoms with E-state index in [1.165, 1.54) is 0 Å². The van der Waals surface area contributed by atoms with Gasteiger partial charge in [0.25, 0.3) is 0 Å². The number of carbonyl (C=O) groups excluding carboxylic acids is 1. The van der Waals surface area contributed by atoms with Crippen molar-refractivity contribution in [2.24, 2.45) is 5.92 Å². The Hall–Kier alpha value is -1.81. The standard InChI is InChI=1S/C17H21ClN2O2/c1-10(2)16(13-6-5-7-14(18)8-13)17(21)19-9-15-20-11(3)12(4)22-15/h5-8,10,16H,9H2,1-4H3,(H,19,21)/t16-/m0/s1. The third-order valence-electron chi connectivity index (χ3n) is 3.64. The molecule has 0 spiro atoms. The van der Waals surface area contributed by atoms with Crippen LogP contribution in [-0.4, -0.2) is 10.9 Å². The summed E-state index contributed by atoms with van der Waals surface area (Å²) in [5, 5.41) is 3.53. The lowest BCUT2D eigenvalue weighted by atomic mass is 9.87. The van der Waals surface area contributed by atoms with Crippen LogP contribution in [0.25, 0.3) is 0 Å². The summed E-state index contributed by atoms with van der Waals surface area (Å²) in [5.74, 6) is 1.16. The van der Waals surface area contributed by atoms with Crippen LogP contribution in [0.3, 0.4) is 0 Å². The fourth-order valence-corrected chi connectivity index (χ4v) is 2.63. The van der Waals surface area contributed by atoms with Crippen LogP contribution >= 0.6 is 11.6 Å². The average Bonchev–Trinajstić information content (AvgIpc) is 2.75. The van der Waals surface area contributed by atoms with Crippen LogP contribution < -0.4 is 5.32 Å². The van der Waals surface area contributed by atoms with Gasteiger partial charge >= 0.3 is 0 Å². The first-order chi connectivity index (χ1) is 10.4. The zero-order valence-corrected chi connectivity index (χ0v) is 14.1. The number of nitrogens with one attached hydrogen (secondary N) is 1. The molecule has 1 heterocycles. The fraction of sp³-hybridized carbons (Fsp3) is 0.412. The van der Waals surface area contributed by atoms with E-state index in [1.807, 2.05) is 45.9 Å². The van der Waals surface area contributed by atoms with Gasteiger partial charge in [-0.15, -0.1) is 0 Å². The molecule has 1 atom stereocenters. The summed E-state index contributed by atoms with van der Waals surface area (Å²) in [6.45, 7) is 8.07. The summed E-state index contributed by atoms with van der Waals surface area (Å²) in [6, 6.07) is 7.43. The van der Waals surface area contributed by atoms with Gasteiger partial charge in [0.15, 0.2) is 0 Å². The van der Waals surface area contributed by atoms with Gasteiger partial charge in [0, 0.05) is 5.02 Å². The summed E-state index contributed by atoms with van der Waals surface area (Å²) in [6.07, 6.45) is 0. The van der Waals surface area contributed by atoms with Crippen molar-refractivity contribution in [2.75, 3.05) is 0 Å². The molecule has 0 bridgehead atoms. The molecule has 5 heteroatoms. The largest absolute Gasteiger partial charge is 0.444 e. The van der Waals surface area contributed by atoms with Gasteiger partial charge in [0.1, 0.15) is 5.76 Å². The number of halogens is 1. The SMILES string of the molecule is Cc1nc(CNC(=O)[C@H](c2cccc(Cl)c2)C(C)C)oc1C. The van der Waals surface area contributed by atoms with Crippen molar-refractivity contribution in [3.05, 3.63) is 52.2 Å². The van der Waals surface area contributed by atoms with Gasteiger partial charge in [0.2, 0.25) is 11.8 Å². The molecule has 2 aromatic rings. The monoisotopic (exact) mass is 320 g/mol. The van der Waals surface area contributed by atoms with Crippen molar-refractivity contribution >= 4 is 17.5 Å². The molecule has 0 aliphatic heterocycles. The molecule has 1 aromatic heterocycles. The Morgan fingerprint density at radius 2 is 2.09 bits per heavy atom. The highest BCUT2D eigenvalue weighted by Crippen LogP contribution is 2.26. The molecule has 1 aromatic carbocycles. The number of aromatic nitrogens is 1. The van der Waals surface area contributed by atoms with Gasteiger partial charge < -0.3 is 9.73 Å². The van der Waals surface area contributed by atoms with E-state index in [0.29, 0.717) is 10.9 Å². The third kappa shape index (κ3) is 3.89. The van der Waals surface area contributed by atoms with E-state index < -0.39 is 0 Å². The summed E-state index contributed by atoms with van der Waals surface area (Å²) in [7, 11) is 0. The van der Waals surface area contributed by atoms with Crippen molar-refractivity contribution in [1.29, 1.82) is 0 Å². The van der Waals surface area contributed by atoms with Gasteiger partial charge in [-0.25, -0.2) is 4.98 Å². The summed E-state index contributed by atoms with van der Waals surface area (Å²) < 4.78 is 5.48. The highest BCUT2D eigenvalue weighted by molar-refractivity contribution is 6.30. The molecule has 2 rings (SSSR count). The van der Waals surface area contributed by atoms with E-state index in [9.17, 15) is 4.79 Å². The number of benzene rings is 1. The lowest BCUT2D eigenvalue weighted by molar-refractivity contribution is -0.123. The Morgan fingerprint density at radius 3 is 2.64 bits per heavy atom. The molecule has 1 N–H and O–H groups in total. The van der Waals surface area contributed by atoms with E-state index >= 15 is 0 Å². The van der Waals surface area contributed by atoms with E-state index in [0.717, 1.165) is 17.0 Å². The van der Waals surface area contributed by atoms with Crippen molar-refractivity contribution in [3.63, 3.8) is 0 Å². The van der Waals surface area contributed by atoms with Crippen molar-refractivity contribution in [3.8, 4) is 0 Å². The molecule has 0 aliphatic rings. The van der Waals surface area contributed by atoms with Crippen LogP contribution in [0.15, 0.2) is 28.7 Å². The minimum atomic E-state index is -0.254. The van der Waals surface area contributed by atoms with Crippen LogP contribution in [0.1, 0.15) is 42.7 Å². The maximum atomic E-state index is 12.5. The number of nitrogens with zero attached hydrogens (tertiary/aromatic N) is 1. The number of oxazole rings is 1. The second kappa shape index (κ2) is 6.97. The van der Waals surface area contributed by atoms with Gasteiger partial charge in [-0.05, 0) is 37.5 Å². The number of aryl methyl sites for hydroxylation is 2. The molecule has 1 amide bonds. The number of amides is 1. The van der Waals surface area contributed by atoms with E-state index in [1.54, 1.807) is 6.07 Å². The van der Waals surface area contributed by atoms with Crippen molar-refractivity contribution in [1.82, 2.24) is 10.3 Å². The second-order valence-electron chi connectivity index (χ2n) is 5.74. The van der Waals surface area contributed by atoms with Crippen LogP contribution in [0.5, 0.6) is 0 Å². The molecule has 118 valence electrons. The number of hydrogen-bond acceptors (Lipinski definition) is 3. The van der Waals surface area contributed by atoms with E-state index in [-0.39, 0.29) is 24.3 Å². The van der Waals surface area contributed by atoms with Crippen LogP contribution in [0.4, 0.5) is 0 Å². The molecule has 0 saturated carbocycles. The van der Waals surface area contributed by atoms with Gasteiger partial charge in [-0.2, -0.15) is 0 Å². The maximum Gasteiger partial charge on any atom is 0.228 e. The minimum Gasteiger partial charge on any atom is -0.444 e. The summed E-state index contributed by atoms with van der Waals surface area (Å²) in [4.78, 5) is 16.8. The van der Waals surface area contributed by atoms with Crippen molar-refractivity contribution in [2.45, 2.75) is 40.2 Å².